The van der Waals surface area contributed by atoms with Gasteiger partial charge in [-0.05, 0) is 38.4 Å². The summed E-state index contributed by atoms with van der Waals surface area (Å²) in [4.78, 5) is 2.71. The van der Waals surface area contributed by atoms with Gasteiger partial charge in [0.15, 0.2) is 0 Å². The van der Waals surface area contributed by atoms with Crippen LogP contribution in [0.5, 0.6) is 0 Å². The van der Waals surface area contributed by atoms with Gasteiger partial charge >= 0.3 is 0 Å². The number of hydrogen-bond donors (Lipinski definition) is 1. The van der Waals surface area contributed by atoms with Gasteiger partial charge in [-0.3, -0.25) is 4.90 Å². The van der Waals surface area contributed by atoms with Gasteiger partial charge in [-0.15, -0.1) is 0 Å². The van der Waals surface area contributed by atoms with Crippen molar-refractivity contribution in [3.05, 3.63) is 0 Å². The topological polar surface area (TPSA) is 15.3 Å². The SMILES string of the molecule is CSC1CCCC1NC1CCN(C2CC2)C1. The van der Waals surface area contributed by atoms with Crippen LogP contribution in [0.2, 0.25) is 0 Å². The third-order valence-electron chi connectivity index (χ3n) is 4.49. The maximum absolute atomic E-state index is 3.93. The number of nitrogens with one attached hydrogen (secondary N) is 1. The summed E-state index contributed by atoms with van der Waals surface area (Å²) in [5, 5.41) is 4.81. The van der Waals surface area contributed by atoms with Crippen molar-refractivity contribution in [1.82, 2.24) is 10.2 Å². The van der Waals surface area contributed by atoms with Crippen LogP contribution >= 0.6 is 11.8 Å². The molecule has 3 fully saturated rings. The summed E-state index contributed by atoms with van der Waals surface area (Å²) >= 11 is 2.07. The molecule has 92 valence electrons. The summed E-state index contributed by atoms with van der Waals surface area (Å²) in [7, 11) is 0. The van der Waals surface area contributed by atoms with E-state index in [9.17, 15) is 0 Å². The predicted molar refractivity (Wildman–Crippen MR) is 71.1 cm³/mol. The van der Waals surface area contributed by atoms with Gasteiger partial charge < -0.3 is 5.32 Å². The zero-order valence-electron chi connectivity index (χ0n) is 10.3. The highest BCUT2D eigenvalue weighted by Gasteiger charge is 2.36. The maximum Gasteiger partial charge on any atom is 0.0210 e. The third-order valence-corrected chi connectivity index (χ3v) is 5.66. The van der Waals surface area contributed by atoms with Crippen LogP contribution in [0.25, 0.3) is 0 Å². The Balaban J connectivity index is 1.47. The number of thioether (sulfide) groups is 1. The van der Waals surface area contributed by atoms with Gasteiger partial charge in [0.05, 0.1) is 0 Å². The van der Waals surface area contributed by atoms with Gasteiger partial charge in [0.25, 0.3) is 0 Å². The molecule has 1 saturated heterocycles. The Morgan fingerprint density at radius 1 is 1.12 bits per heavy atom. The summed E-state index contributed by atoms with van der Waals surface area (Å²) in [5.74, 6) is 0. The summed E-state index contributed by atoms with van der Waals surface area (Å²) < 4.78 is 0. The highest BCUT2D eigenvalue weighted by molar-refractivity contribution is 7.99. The molecule has 3 rings (SSSR count). The summed E-state index contributed by atoms with van der Waals surface area (Å²) in [5.41, 5.74) is 0. The van der Waals surface area contributed by atoms with E-state index in [4.69, 9.17) is 0 Å². The molecule has 2 nitrogen and oxygen atoms in total. The average molecular weight is 240 g/mol. The highest BCUT2D eigenvalue weighted by atomic mass is 32.2. The van der Waals surface area contributed by atoms with Crippen molar-refractivity contribution in [3.63, 3.8) is 0 Å². The van der Waals surface area contributed by atoms with Crippen molar-refractivity contribution in [1.29, 1.82) is 0 Å². The molecule has 0 bridgehead atoms. The first-order valence-electron chi connectivity index (χ1n) is 6.89. The lowest BCUT2D eigenvalue weighted by molar-refractivity contribution is 0.312. The lowest BCUT2D eigenvalue weighted by atomic mass is 10.2. The summed E-state index contributed by atoms with van der Waals surface area (Å²) in [6, 6.07) is 2.56. The molecule has 0 aromatic heterocycles. The van der Waals surface area contributed by atoms with Crippen LogP contribution in [0.3, 0.4) is 0 Å². The van der Waals surface area contributed by atoms with Crippen molar-refractivity contribution in [3.8, 4) is 0 Å². The molecule has 3 heteroatoms. The molecular formula is C13H24N2S. The van der Waals surface area contributed by atoms with Gasteiger partial charge in [0, 0.05) is 36.5 Å². The second kappa shape index (κ2) is 4.87. The maximum atomic E-state index is 3.93. The van der Waals surface area contributed by atoms with E-state index in [1.807, 2.05) is 0 Å². The Morgan fingerprint density at radius 3 is 2.75 bits per heavy atom. The van der Waals surface area contributed by atoms with Crippen molar-refractivity contribution in [2.24, 2.45) is 0 Å². The van der Waals surface area contributed by atoms with Crippen molar-refractivity contribution < 1.29 is 0 Å². The molecule has 0 amide bonds. The van der Waals surface area contributed by atoms with Crippen LogP contribution in [0.4, 0.5) is 0 Å². The van der Waals surface area contributed by atoms with Crippen LogP contribution in [0.15, 0.2) is 0 Å². The van der Waals surface area contributed by atoms with Gasteiger partial charge in [-0.25, -0.2) is 0 Å². The second-order valence-corrected chi connectivity index (χ2v) is 6.77. The van der Waals surface area contributed by atoms with Crippen LogP contribution in [0.1, 0.15) is 38.5 Å². The van der Waals surface area contributed by atoms with Crippen molar-refractivity contribution >= 4 is 11.8 Å². The first-order chi connectivity index (χ1) is 7.86. The van der Waals surface area contributed by atoms with Crippen LogP contribution < -0.4 is 5.32 Å². The fourth-order valence-corrected chi connectivity index (χ4v) is 4.34. The Bertz CT molecular complexity index is 242. The molecular weight excluding hydrogens is 216 g/mol. The van der Waals surface area contributed by atoms with E-state index in [0.717, 1.165) is 23.4 Å². The molecule has 1 heterocycles. The number of likely N-dealkylation sites (tertiary alicyclic amines) is 1. The first kappa shape index (κ1) is 11.4. The molecule has 0 radical (unpaired) electrons. The Hall–Kier alpha value is 0.270. The molecule has 16 heavy (non-hydrogen) atoms. The zero-order valence-corrected chi connectivity index (χ0v) is 11.1. The number of rotatable bonds is 4. The fourth-order valence-electron chi connectivity index (χ4n) is 3.40. The molecule has 1 aliphatic heterocycles. The highest BCUT2D eigenvalue weighted by Crippen LogP contribution is 2.32. The minimum absolute atomic E-state index is 0.790. The molecule has 2 aliphatic carbocycles. The van der Waals surface area contributed by atoms with Gasteiger partial charge in [-0.1, -0.05) is 6.42 Å². The van der Waals surface area contributed by atoms with E-state index in [0.29, 0.717) is 0 Å². The van der Waals surface area contributed by atoms with Crippen molar-refractivity contribution in [2.75, 3.05) is 19.3 Å². The van der Waals surface area contributed by atoms with Crippen LogP contribution in [-0.4, -0.2) is 47.6 Å². The third kappa shape index (κ3) is 2.41. The van der Waals surface area contributed by atoms with E-state index < -0.39 is 0 Å². The molecule has 0 spiro atoms. The Labute approximate surface area is 104 Å². The second-order valence-electron chi connectivity index (χ2n) is 5.69. The first-order valence-corrected chi connectivity index (χ1v) is 8.18. The molecule has 3 atom stereocenters. The van der Waals surface area contributed by atoms with E-state index in [2.05, 4.69) is 28.2 Å². The molecule has 1 N–H and O–H groups in total. The monoisotopic (exact) mass is 240 g/mol. The van der Waals surface area contributed by atoms with E-state index in [1.54, 1.807) is 0 Å². The largest absolute Gasteiger partial charge is 0.309 e. The molecule has 3 unspecified atom stereocenters. The normalized spacial score (nSPS) is 40.7. The minimum atomic E-state index is 0.790. The standard InChI is InChI=1S/C13H24N2S/c1-16-13-4-2-3-12(13)14-10-7-8-15(9-10)11-5-6-11/h10-14H,2-9H2,1H3. The van der Waals surface area contributed by atoms with E-state index >= 15 is 0 Å². The summed E-state index contributed by atoms with van der Waals surface area (Å²) in [6.45, 7) is 2.67. The summed E-state index contributed by atoms with van der Waals surface area (Å²) in [6.07, 6.45) is 10.8. The van der Waals surface area contributed by atoms with Gasteiger partial charge in [0.1, 0.15) is 0 Å². The minimum Gasteiger partial charge on any atom is -0.309 e. The zero-order chi connectivity index (χ0) is 11.0. The Morgan fingerprint density at radius 2 is 2.00 bits per heavy atom. The average Bonchev–Trinajstić information content (AvgIpc) is 2.88. The van der Waals surface area contributed by atoms with Gasteiger partial charge in [-0.2, -0.15) is 11.8 Å². The van der Waals surface area contributed by atoms with Gasteiger partial charge in [0.2, 0.25) is 0 Å². The lowest BCUT2D eigenvalue weighted by Gasteiger charge is -2.24. The number of nitrogens with zero attached hydrogens (tertiary/aromatic N) is 1. The molecule has 0 aromatic rings. The van der Waals surface area contributed by atoms with Crippen LogP contribution in [-0.2, 0) is 0 Å². The quantitative estimate of drug-likeness (QED) is 0.810. The Kier molecular flexibility index (Phi) is 3.46. The molecule has 0 aromatic carbocycles. The van der Waals surface area contributed by atoms with E-state index in [-0.39, 0.29) is 0 Å². The smallest absolute Gasteiger partial charge is 0.0210 e. The molecule has 2 saturated carbocycles. The predicted octanol–water partition coefficient (Wildman–Crippen LogP) is 2.10. The van der Waals surface area contributed by atoms with Crippen LogP contribution in [0, 0.1) is 0 Å². The number of hydrogen-bond acceptors (Lipinski definition) is 3. The fraction of sp³-hybridized carbons (Fsp3) is 1.00. The molecule has 3 aliphatic rings. The van der Waals surface area contributed by atoms with E-state index in [1.165, 1.54) is 51.6 Å². The van der Waals surface area contributed by atoms with Crippen molar-refractivity contribution in [2.45, 2.75) is 61.9 Å². The lowest BCUT2D eigenvalue weighted by Crippen LogP contribution is -2.43.